The van der Waals surface area contributed by atoms with Crippen molar-refractivity contribution in [3.8, 4) is 0 Å². The molecule has 0 radical (unpaired) electrons. The molecule has 1 fully saturated rings. The van der Waals surface area contributed by atoms with Crippen LogP contribution in [0.2, 0.25) is 0 Å². The molecule has 0 spiro atoms. The summed E-state index contributed by atoms with van der Waals surface area (Å²) in [6.45, 7) is 1.47. The van der Waals surface area contributed by atoms with Gasteiger partial charge in [0.2, 0.25) is 0 Å². The van der Waals surface area contributed by atoms with E-state index in [1.807, 2.05) is 12.1 Å². The van der Waals surface area contributed by atoms with Gasteiger partial charge in [0.15, 0.2) is 0 Å². The van der Waals surface area contributed by atoms with Crippen molar-refractivity contribution in [3.63, 3.8) is 0 Å². The topological polar surface area (TPSA) is 81.3 Å². The number of nitrogen functional groups attached to an aromatic ring is 1. The van der Waals surface area contributed by atoms with Crippen molar-refractivity contribution in [2.75, 3.05) is 25.4 Å². The van der Waals surface area contributed by atoms with E-state index in [1.54, 1.807) is 35.4 Å². The lowest BCUT2D eigenvalue weighted by Crippen LogP contribution is -2.42. The van der Waals surface area contributed by atoms with Crippen LogP contribution in [0.15, 0.2) is 42.6 Å². The molecule has 6 nitrogen and oxygen atoms in total. The van der Waals surface area contributed by atoms with Crippen LogP contribution in [0.25, 0.3) is 0 Å². The van der Waals surface area contributed by atoms with E-state index in [0.717, 1.165) is 5.69 Å². The molecule has 1 amide bonds. The largest absolute Gasteiger partial charge is 0.384 e. The van der Waals surface area contributed by atoms with Crippen LogP contribution in [-0.4, -0.2) is 40.5 Å². The number of carbonyl (C=O) groups excluding carboxylic acids is 1. The van der Waals surface area contributed by atoms with Gasteiger partial charge in [-0.1, -0.05) is 12.1 Å². The van der Waals surface area contributed by atoms with E-state index in [1.165, 1.54) is 0 Å². The van der Waals surface area contributed by atoms with Crippen molar-refractivity contribution in [2.24, 2.45) is 0 Å². The smallest absolute Gasteiger partial charge is 0.272 e. The third kappa shape index (κ3) is 3.00. The number of pyridine rings is 2. The van der Waals surface area contributed by atoms with Crippen molar-refractivity contribution < 1.29 is 9.53 Å². The number of ether oxygens (including phenoxy) is 1. The molecule has 0 aliphatic carbocycles. The summed E-state index contributed by atoms with van der Waals surface area (Å²) in [5.74, 6) is 0.358. The number of nitrogens with zero attached hydrogens (tertiary/aromatic N) is 3. The Hall–Kier alpha value is -2.47. The zero-order valence-electron chi connectivity index (χ0n) is 11.5. The lowest BCUT2D eigenvalue weighted by molar-refractivity contribution is -0.0248. The quantitative estimate of drug-likeness (QED) is 0.898. The minimum atomic E-state index is -0.255. The molecule has 3 heterocycles. The zero-order chi connectivity index (χ0) is 14.7. The highest BCUT2D eigenvalue weighted by molar-refractivity contribution is 5.92. The van der Waals surface area contributed by atoms with Gasteiger partial charge >= 0.3 is 0 Å². The lowest BCUT2D eigenvalue weighted by Gasteiger charge is -2.32. The van der Waals surface area contributed by atoms with Crippen molar-refractivity contribution in [1.29, 1.82) is 0 Å². The molecule has 21 heavy (non-hydrogen) atoms. The highest BCUT2D eigenvalue weighted by atomic mass is 16.5. The normalized spacial score (nSPS) is 18.5. The number of carbonyl (C=O) groups is 1. The molecule has 1 aliphatic rings. The molecule has 108 valence electrons. The number of rotatable bonds is 2. The van der Waals surface area contributed by atoms with Crippen molar-refractivity contribution in [3.05, 3.63) is 54.0 Å². The van der Waals surface area contributed by atoms with Crippen LogP contribution in [0.1, 0.15) is 22.3 Å². The van der Waals surface area contributed by atoms with Gasteiger partial charge in [-0.25, -0.2) is 4.98 Å². The molecule has 0 aromatic carbocycles. The van der Waals surface area contributed by atoms with Gasteiger partial charge in [0.05, 0.1) is 18.8 Å². The average Bonchev–Trinajstić information content (AvgIpc) is 2.55. The summed E-state index contributed by atoms with van der Waals surface area (Å²) in [5, 5.41) is 0. The fourth-order valence-electron chi connectivity index (χ4n) is 2.31. The molecule has 1 aliphatic heterocycles. The van der Waals surface area contributed by atoms with Crippen LogP contribution in [0.4, 0.5) is 5.82 Å². The summed E-state index contributed by atoms with van der Waals surface area (Å²) in [6, 6.07) is 10.7. The van der Waals surface area contributed by atoms with E-state index in [2.05, 4.69) is 9.97 Å². The molecule has 3 rings (SSSR count). The van der Waals surface area contributed by atoms with Gasteiger partial charge in [0, 0.05) is 12.7 Å². The molecule has 0 bridgehead atoms. The highest BCUT2D eigenvalue weighted by Gasteiger charge is 2.27. The van der Waals surface area contributed by atoms with Gasteiger partial charge in [0.1, 0.15) is 17.6 Å². The lowest BCUT2D eigenvalue weighted by atomic mass is 10.1. The van der Waals surface area contributed by atoms with Crippen LogP contribution in [0.3, 0.4) is 0 Å². The molecule has 2 aromatic heterocycles. The maximum atomic E-state index is 12.4. The molecule has 2 aromatic rings. The van der Waals surface area contributed by atoms with E-state index in [4.69, 9.17) is 10.5 Å². The summed E-state index contributed by atoms with van der Waals surface area (Å²) >= 11 is 0. The standard InChI is InChI=1S/C15H16N4O2/c16-14-6-3-5-11(18-14)13-10-19(8-9-21-13)15(20)12-4-1-2-7-17-12/h1-7,13H,8-10H2,(H2,16,18)/t13-/m0/s1. The summed E-state index contributed by atoms with van der Waals surface area (Å²) in [7, 11) is 0. The van der Waals surface area contributed by atoms with E-state index in [0.29, 0.717) is 31.2 Å². The molecule has 1 atom stereocenters. The molecule has 6 heteroatoms. The third-order valence-electron chi connectivity index (χ3n) is 3.36. The maximum absolute atomic E-state index is 12.4. The number of hydrogen-bond acceptors (Lipinski definition) is 5. The number of amides is 1. The van der Waals surface area contributed by atoms with E-state index >= 15 is 0 Å². The van der Waals surface area contributed by atoms with Crippen LogP contribution in [0, 0.1) is 0 Å². The number of morpholine rings is 1. The number of aromatic nitrogens is 2. The molecule has 0 unspecified atom stereocenters. The summed E-state index contributed by atoms with van der Waals surface area (Å²) in [5.41, 5.74) is 6.88. The first-order valence-electron chi connectivity index (χ1n) is 6.78. The van der Waals surface area contributed by atoms with E-state index in [-0.39, 0.29) is 12.0 Å². The van der Waals surface area contributed by atoms with Crippen molar-refractivity contribution in [2.45, 2.75) is 6.10 Å². The summed E-state index contributed by atoms with van der Waals surface area (Å²) < 4.78 is 5.70. The van der Waals surface area contributed by atoms with Gasteiger partial charge in [-0.2, -0.15) is 0 Å². The summed E-state index contributed by atoms with van der Waals surface area (Å²) in [6.07, 6.45) is 1.36. The predicted molar refractivity (Wildman–Crippen MR) is 77.5 cm³/mol. The first-order chi connectivity index (χ1) is 10.2. The molecular weight excluding hydrogens is 268 g/mol. The second-order valence-corrected chi connectivity index (χ2v) is 4.81. The van der Waals surface area contributed by atoms with Gasteiger partial charge in [-0.3, -0.25) is 9.78 Å². The Morgan fingerprint density at radius 2 is 2.19 bits per heavy atom. The first-order valence-corrected chi connectivity index (χ1v) is 6.78. The Labute approximate surface area is 122 Å². The average molecular weight is 284 g/mol. The van der Waals surface area contributed by atoms with Gasteiger partial charge in [-0.05, 0) is 24.3 Å². The van der Waals surface area contributed by atoms with Crippen LogP contribution >= 0.6 is 0 Å². The second kappa shape index (κ2) is 5.88. The molecule has 0 saturated carbocycles. The predicted octanol–water partition coefficient (Wildman–Crippen LogP) is 1.27. The molecule has 1 saturated heterocycles. The van der Waals surface area contributed by atoms with Gasteiger partial charge in [0.25, 0.3) is 5.91 Å². The second-order valence-electron chi connectivity index (χ2n) is 4.81. The fraction of sp³-hybridized carbons (Fsp3) is 0.267. The minimum Gasteiger partial charge on any atom is -0.384 e. The maximum Gasteiger partial charge on any atom is 0.272 e. The number of hydrogen-bond donors (Lipinski definition) is 1. The Kier molecular flexibility index (Phi) is 3.79. The van der Waals surface area contributed by atoms with Crippen molar-refractivity contribution in [1.82, 2.24) is 14.9 Å². The minimum absolute atomic E-state index is 0.0900. The van der Waals surface area contributed by atoms with E-state index in [9.17, 15) is 4.79 Å². The van der Waals surface area contributed by atoms with Crippen LogP contribution < -0.4 is 5.73 Å². The first kappa shape index (κ1) is 13.5. The summed E-state index contributed by atoms with van der Waals surface area (Å²) in [4.78, 5) is 22.5. The number of nitrogens with two attached hydrogens (primary N) is 1. The Bertz CT molecular complexity index is 633. The third-order valence-corrected chi connectivity index (χ3v) is 3.36. The highest BCUT2D eigenvalue weighted by Crippen LogP contribution is 2.22. The van der Waals surface area contributed by atoms with E-state index < -0.39 is 0 Å². The van der Waals surface area contributed by atoms with Gasteiger partial charge in [-0.15, -0.1) is 0 Å². The Balaban J connectivity index is 1.75. The van der Waals surface area contributed by atoms with Crippen molar-refractivity contribution >= 4 is 11.7 Å². The zero-order valence-corrected chi connectivity index (χ0v) is 11.5. The Morgan fingerprint density at radius 1 is 1.29 bits per heavy atom. The van der Waals surface area contributed by atoms with Crippen LogP contribution in [0.5, 0.6) is 0 Å². The molecule has 2 N–H and O–H groups in total. The monoisotopic (exact) mass is 284 g/mol. The molecular formula is C15H16N4O2. The van der Waals surface area contributed by atoms with Gasteiger partial charge < -0.3 is 15.4 Å². The number of anilines is 1. The Morgan fingerprint density at radius 3 is 2.95 bits per heavy atom. The van der Waals surface area contributed by atoms with Crippen LogP contribution in [-0.2, 0) is 4.74 Å². The fourth-order valence-corrected chi connectivity index (χ4v) is 2.31. The SMILES string of the molecule is Nc1cccc([C@@H]2CN(C(=O)c3ccccn3)CCO2)n1.